The van der Waals surface area contributed by atoms with Crippen molar-refractivity contribution in [2.75, 3.05) is 20.1 Å². The molecule has 0 saturated carbocycles. The largest absolute Gasteiger partial charge is 0.344 e. The van der Waals surface area contributed by atoms with Gasteiger partial charge in [-0.2, -0.15) is 0 Å². The van der Waals surface area contributed by atoms with Crippen molar-refractivity contribution >= 4 is 0 Å². The summed E-state index contributed by atoms with van der Waals surface area (Å²) in [4.78, 5) is 2.43. The first kappa shape index (κ1) is 11.3. The van der Waals surface area contributed by atoms with Crippen LogP contribution in [0.1, 0.15) is 48.3 Å². The lowest BCUT2D eigenvalue weighted by Crippen LogP contribution is -2.22. The minimum Gasteiger partial charge on any atom is -0.344 e. The summed E-state index contributed by atoms with van der Waals surface area (Å²) < 4.78 is 2.58. The molecule has 1 aromatic heterocycles. The Morgan fingerprint density at radius 2 is 2.18 bits per heavy atom. The van der Waals surface area contributed by atoms with Crippen LogP contribution in [0.3, 0.4) is 0 Å². The maximum atomic E-state index is 6.23. The molecule has 2 unspecified atom stereocenters. The highest BCUT2D eigenvalue weighted by molar-refractivity contribution is 5.33. The predicted octanol–water partition coefficient (Wildman–Crippen LogP) is 2.01. The van der Waals surface area contributed by atoms with Crippen LogP contribution in [-0.2, 0) is 6.42 Å². The van der Waals surface area contributed by atoms with Crippen molar-refractivity contribution in [3.63, 3.8) is 0 Å². The molecule has 17 heavy (non-hydrogen) atoms. The Balaban J connectivity index is 1.99. The minimum atomic E-state index is 0.276. The van der Waals surface area contributed by atoms with Gasteiger partial charge in [-0.1, -0.05) is 0 Å². The summed E-state index contributed by atoms with van der Waals surface area (Å²) in [6.07, 6.45) is 4.91. The number of nitrogens with two attached hydrogens (primary N) is 1. The van der Waals surface area contributed by atoms with E-state index in [-0.39, 0.29) is 6.04 Å². The smallest absolute Gasteiger partial charge is 0.0475 e. The van der Waals surface area contributed by atoms with Gasteiger partial charge in [-0.25, -0.2) is 0 Å². The van der Waals surface area contributed by atoms with Crippen molar-refractivity contribution in [1.82, 2.24) is 9.47 Å². The molecule has 0 bridgehead atoms. The van der Waals surface area contributed by atoms with Gasteiger partial charge in [0, 0.05) is 30.0 Å². The van der Waals surface area contributed by atoms with Crippen LogP contribution in [0.5, 0.6) is 0 Å². The van der Waals surface area contributed by atoms with Gasteiger partial charge in [-0.3, -0.25) is 0 Å². The van der Waals surface area contributed by atoms with Gasteiger partial charge < -0.3 is 15.2 Å². The number of aryl methyl sites for hydroxylation is 1. The van der Waals surface area contributed by atoms with Crippen LogP contribution >= 0.6 is 0 Å². The number of likely N-dealkylation sites (N-methyl/N-ethyl adjacent to an activating group) is 1. The molecule has 94 valence electrons. The number of hydrogen-bond donors (Lipinski definition) is 1. The number of nitrogens with zero attached hydrogens (tertiary/aromatic N) is 2. The molecule has 0 spiro atoms. The standard InChI is InChI=1S/C14H23N3/c1-10-8-12-13(15)4-3-5-14(12)17(10)11-6-7-16(2)9-11/h8,11,13H,3-7,9,15H2,1-2H3. The van der Waals surface area contributed by atoms with E-state index in [0.717, 1.165) is 6.42 Å². The Morgan fingerprint density at radius 1 is 1.35 bits per heavy atom. The van der Waals surface area contributed by atoms with Crippen molar-refractivity contribution in [3.8, 4) is 0 Å². The van der Waals surface area contributed by atoms with E-state index in [9.17, 15) is 0 Å². The Kier molecular flexibility index (Phi) is 2.75. The van der Waals surface area contributed by atoms with E-state index in [1.165, 1.54) is 49.3 Å². The summed E-state index contributed by atoms with van der Waals surface area (Å²) in [5.74, 6) is 0. The lowest BCUT2D eigenvalue weighted by molar-refractivity contribution is 0.386. The summed E-state index contributed by atoms with van der Waals surface area (Å²) in [5, 5.41) is 0. The molecule has 0 amide bonds. The molecule has 1 fully saturated rings. The van der Waals surface area contributed by atoms with Crippen LogP contribution in [0.25, 0.3) is 0 Å². The normalized spacial score (nSPS) is 29.6. The maximum Gasteiger partial charge on any atom is 0.0475 e. The van der Waals surface area contributed by atoms with Crippen molar-refractivity contribution in [2.45, 2.75) is 44.7 Å². The SMILES string of the molecule is Cc1cc2c(n1C1CCN(C)C1)CCCC2N. The van der Waals surface area contributed by atoms with E-state index in [1.807, 2.05) is 0 Å². The van der Waals surface area contributed by atoms with Crippen LogP contribution in [0.4, 0.5) is 0 Å². The first-order chi connectivity index (χ1) is 8.16. The van der Waals surface area contributed by atoms with Crippen molar-refractivity contribution in [1.29, 1.82) is 0 Å². The van der Waals surface area contributed by atoms with Gasteiger partial charge in [-0.05, 0) is 57.8 Å². The molecule has 2 heterocycles. The highest BCUT2D eigenvalue weighted by atomic mass is 15.2. The van der Waals surface area contributed by atoms with Crippen molar-refractivity contribution < 1.29 is 0 Å². The van der Waals surface area contributed by atoms with Gasteiger partial charge in [0.2, 0.25) is 0 Å². The third-order valence-electron chi connectivity index (χ3n) is 4.43. The van der Waals surface area contributed by atoms with Crippen LogP contribution in [0.15, 0.2) is 6.07 Å². The summed E-state index contributed by atoms with van der Waals surface area (Å²) >= 11 is 0. The molecule has 3 nitrogen and oxygen atoms in total. The number of likely N-dealkylation sites (tertiary alicyclic amines) is 1. The zero-order valence-corrected chi connectivity index (χ0v) is 10.9. The van der Waals surface area contributed by atoms with Gasteiger partial charge >= 0.3 is 0 Å². The topological polar surface area (TPSA) is 34.2 Å². The lowest BCUT2D eigenvalue weighted by Gasteiger charge is -2.24. The fourth-order valence-electron chi connectivity index (χ4n) is 3.59. The van der Waals surface area contributed by atoms with E-state index in [1.54, 1.807) is 0 Å². The van der Waals surface area contributed by atoms with Crippen molar-refractivity contribution in [2.24, 2.45) is 5.73 Å². The monoisotopic (exact) mass is 233 g/mol. The molecule has 0 aromatic carbocycles. The quantitative estimate of drug-likeness (QED) is 0.805. The molecule has 1 aromatic rings. The predicted molar refractivity (Wildman–Crippen MR) is 70.2 cm³/mol. The average molecular weight is 233 g/mol. The summed E-state index contributed by atoms with van der Waals surface area (Å²) in [6, 6.07) is 3.28. The summed E-state index contributed by atoms with van der Waals surface area (Å²) in [6.45, 7) is 4.66. The summed E-state index contributed by atoms with van der Waals surface area (Å²) in [5.41, 5.74) is 10.6. The molecule has 2 atom stereocenters. The van der Waals surface area contributed by atoms with Gasteiger partial charge in [0.1, 0.15) is 0 Å². The zero-order valence-electron chi connectivity index (χ0n) is 10.9. The average Bonchev–Trinajstić information content (AvgIpc) is 2.82. The van der Waals surface area contributed by atoms with Gasteiger partial charge in [-0.15, -0.1) is 0 Å². The fourth-order valence-corrected chi connectivity index (χ4v) is 3.59. The summed E-state index contributed by atoms with van der Waals surface area (Å²) in [7, 11) is 2.22. The van der Waals surface area contributed by atoms with E-state index in [2.05, 4.69) is 29.5 Å². The Bertz CT molecular complexity index is 421. The molecule has 3 rings (SSSR count). The second-order valence-corrected chi connectivity index (χ2v) is 5.76. The molecular formula is C14H23N3. The first-order valence-electron chi connectivity index (χ1n) is 6.81. The number of hydrogen-bond acceptors (Lipinski definition) is 2. The van der Waals surface area contributed by atoms with Crippen LogP contribution < -0.4 is 5.73 Å². The Labute approximate surface area is 104 Å². The molecule has 1 saturated heterocycles. The highest BCUT2D eigenvalue weighted by Gasteiger charge is 2.28. The third kappa shape index (κ3) is 1.81. The minimum absolute atomic E-state index is 0.276. The molecular weight excluding hydrogens is 210 g/mol. The zero-order chi connectivity index (χ0) is 12.0. The molecule has 3 heteroatoms. The lowest BCUT2D eigenvalue weighted by atomic mass is 9.93. The Hall–Kier alpha value is -0.800. The third-order valence-corrected chi connectivity index (χ3v) is 4.43. The highest BCUT2D eigenvalue weighted by Crippen LogP contribution is 2.34. The molecule has 1 aliphatic heterocycles. The number of aromatic nitrogens is 1. The van der Waals surface area contributed by atoms with Crippen LogP contribution in [0.2, 0.25) is 0 Å². The molecule has 2 N–H and O–H groups in total. The van der Waals surface area contributed by atoms with Gasteiger partial charge in [0.05, 0.1) is 0 Å². The molecule has 0 radical (unpaired) electrons. The van der Waals surface area contributed by atoms with Crippen LogP contribution in [0, 0.1) is 6.92 Å². The van der Waals surface area contributed by atoms with E-state index >= 15 is 0 Å². The molecule has 2 aliphatic rings. The Morgan fingerprint density at radius 3 is 2.88 bits per heavy atom. The van der Waals surface area contributed by atoms with Crippen LogP contribution in [-0.4, -0.2) is 29.6 Å². The molecule has 1 aliphatic carbocycles. The number of fused-ring (bicyclic) bond motifs is 1. The second-order valence-electron chi connectivity index (χ2n) is 5.76. The van der Waals surface area contributed by atoms with Crippen molar-refractivity contribution in [3.05, 3.63) is 23.0 Å². The van der Waals surface area contributed by atoms with Gasteiger partial charge in [0.25, 0.3) is 0 Å². The van der Waals surface area contributed by atoms with E-state index in [0.29, 0.717) is 6.04 Å². The first-order valence-corrected chi connectivity index (χ1v) is 6.81. The maximum absolute atomic E-state index is 6.23. The fraction of sp³-hybridized carbons (Fsp3) is 0.714. The number of rotatable bonds is 1. The van der Waals surface area contributed by atoms with E-state index < -0.39 is 0 Å². The van der Waals surface area contributed by atoms with Gasteiger partial charge in [0.15, 0.2) is 0 Å². The second kappa shape index (κ2) is 4.14. The van der Waals surface area contributed by atoms with E-state index in [4.69, 9.17) is 5.73 Å².